The van der Waals surface area contributed by atoms with Crippen LogP contribution in [0, 0.1) is 0 Å². The van der Waals surface area contributed by atoms with Crippen LogP contribution in [-0.2, 0) is 14.3 Å². The number of hydrogen-bond acceptors (Lipinski definition) is 6. The molecule has 0 spiro atoms. The minimum Gasteiger partial charge on any atom is -0.452 e. The maximum atomic E-state index is 12.2. The minimum atomic E-state index is -0.571. The van der Waals surface area contributed by atoms with Crippen LogP contribution < -0.4 is 5.32 Å². The van der Waals surface area contributed by atoms with Crippen molar-refractivity contribution < 1.29 is 24.2 Å². The van der Waals surface area contributed by atoms with Gasteiger partial charge in [0.25, 0.3) is 5.91 Å². The monoisotopic (exact) mass is 336 g/mol. The first-order chi connectivity index (χ1) is 11.5. The SMILES string of the molecule is C[C@@H]1CN(C(=O)COC(=O)c2ccccc2NCCO)C[C@@H](C)O1. The third-order valence-electron chi connectivity index (χ3n) is 3.67. The lowest BCUT2D eigenvalue weighted by molar-refractivity contribution is -0.146. The van der Waals surface area contributed by atoms with Crippen LogP contribution in [0.5, 0.6) is 0 Å². The highest BCUT2D eigenvalue weighted by atomic mass is 16.5. The molecule has 24 heavy (non-hydrogen) atoms. The normalized spacial score (nSPS) is 20.5. The first-order valence-electron chi connectivity index (χ1n) is 8.05. The Bertz CT molecular complexity index is 568. The molecule has 7 nitrogen and oxygen atoms in total. The van der Waals surface area contributed by atoms with Crippen molar-refractivity contribution in [2.24, 2.45) is 0 Å². The zero-order chi connectivity index (χ0) is 17.5. The molecule has 132 valence electrons. The second-order valence-electron chi connectivity index (χ2n) is 5.83. The number of morpholine rings is 1. The first-order valence-corrected chi connectivity index (χ1v) is 8.05. The number of nitrogens with zero attached hydrogens (tertiary/aromatic N) is 1. The third-order valence-corrected chi connectivity index (χ3v) is 3.67. The summed E-state index contributed by atoms with van der Waals surface area (Å²) >= 11 is 0. The number of nitrogens with one attached hydrogen (secondary N) is 1. The fraction of sp³-hybridized carbons (Fsp3) is 0.529. The Morgan fingerprint density at radius 2 is 1.96 bits per heavy atom. The summed E-state index contributed by atoms with van der Waals surface area (Å²) in [6.07, 6.45) is -0.0615. The Morgan fingerprint density at radius 3 is 2.62 bits per heavy atom. The number of rotatable bonds is 6. The first kappa shape index (κ1) is 18.2. The van der Waals surface area contributed by atoms with Crippen molar-refractivity contribution >= 4 is 17.6 Å². The summed E-state index contributed by atoms with van der Waals surface area (Å²) in [5.41, 5.74) is 0.903. The molecular formula is C17H24N2O5. The minimum absolute atomic E-state index is 0.0307. The topological polar surface area (TPSA) is 88.1 Å². The predicted molar refractivity (Wildman–Crippen MR) is 88.9 cm³/mol. The van der Waals surface area contributed by atoms with E-state index < -0.39 is 5.97 Å². The molecule has 1 heterocycles. The van der Waals surface area contributed by atoms with Crippen LogP contribution in [0.3, 0.4) is 0 Å². The van der Waals surface area contributed by atoms with Crippen LogP contribution in [-0.4, -0.2) is 66.9 Å². The van der Waals surface area contributed by atoms with Crippen LogP contribution in [0.1, 0.15) is 24.2 Å². The van der Waals surface area contributed by atoms with Crippen LogP contribution >= 0.6 is 0 Å². The van der Waals surface area contributed by atoms with Gasteiger partial charge in [0, 0.05) is 25.3 Å². The van der Waals surface area contributed by atoms with Gasteiger partial charge in [-0.1, -0.05) is 12.1 Å². The van der Waals surface area contributed by atoms with Gasteiger partial charge in [0.2, 0.25) is 0 Å². The molecule has 1 aliphatic rings. The summed E-state index contributed by atoms with van der Waals surface area (Å²) in [6, 6.07) is 6.83. The van der Waals surface area contributed by atoms with Gasteiger partial charge in [0.15, 0.2) is 6.61 Å². The summed E-state index contributed by atoms with van der Waals surface area (Å²) in [6.45, 7) is 4.79. The Balaban J connectivity index is 1.92. The highest BCUT2D eigenvalue weighted by molar-refractivity contribution is 5.96. The molecule has 2 N–H and O–H groups in total. The maximum Gasteiger partial charge on any atom is 0.340 e. The lowest BCUT2D eigenvalue weighted by Crippen LogP contribution is -2.49. The van der Waals surface area contributed by atoms with Gasteiger partial charge >= 0.3 is 5.97 Å². The molecular weight excluding hydrogens is 312 g/mol. The van der Waals surface area contributed by atoms with E-state index in [1.807, 2.05) is 13.8 Å². The number of benzene rings is 1. The second kappa shape index (κ2) is 8.65. The van der Waals surface area contributed by atoms with Gasteiger partial charge in [0.1, 0.15) is 0 Å². The van der Waals surface area contributed by atoms with Gasteiger partial charge in [-0.25, -0.2) is 4.79 Å². The molecule has 2 rings (SSSR count). The number of amides is 1. The summed E-state index contributed by atoms with van der Waals surface area (Å²) in [5.74, 6) is -0.801. The van der Waals surface area contributed by atoms with Gasteiger partial charge in [-0.2, -0.15) is 0 Å². The molecule has 1 saturated heterocycles. The molecule has 0 radical (unpaired) electrons. The Hall–Kier alpha value is -2.12. The molecule has 0 unspecified atom stereocenters. The zero-order valence-corrected chi connectivity index (χ0v) is 14.0. The fourth-order valence-electron chi connectivity index (χ4n) is 2.68. The molecule has 1 amide bonds. The summed E-state index contributed by atoms with van der Waals surface area (Å²) < 4.78 is 10.7. The van der Waals surface area contributed by atoms with E-state index in [9.17, 15) is 9.59 Å². The Morgan fingerprint density at radius 1 is 1.29 bits per heavy atom. The van der Waals surface area contributed by atoms with E-state index in [0.29, 0.717) is 30.9 Å². The molecule has 0 aromatic heterocycles. The van der Waals surface area contributed by atoms with Crippen LogP contribution in [0.2, 0.25) is 0 Å². The molecule has 1 aliphatic heterocycles. The average molecular weight is 336 g/mol. The van der Waals surface area contributed by atoms with E-state index in [1.165, 1.54) is 0 Å². The van der Waals surface area contributed by atoms with Gasteiger partial charge in [-0.15, -0.1) is 0 Å². The van der Waals surface area contributed by atoms with Crippen LogP contribution in [0.4, 0.5) is 5.69 Å². The lowest BCUT2D eigenvalue weighted by atomic mass is 10.2. The molecule has 1 aromatic rings. The van der Waals surface area contributed by atoms with E-state index in [0.717, 1.165) is 0 Å². The second-order valence-corrected chi connectivity index (χ2v) is 5.83. The van der Waals surface area contributed by atoms with Gasteiger partial charge in [-0.05, 0) is 26.0 Å². The summed E-state index contributed by atoms with van der Waals surface area (Å²) in [4.78, 5) is 26.1. The van der Waals surface area contributed by atoms with E-state index in [-0.39, 0.29) is 31.3 Å². The van der Waals surface area contributed by atoms with Crippen molar-refractivity contribution in [3.05, 3.63) is 29.8 Å². The quantitative estimate of drug-likeness (QED) is 0.750. The van der Waals surface area contributed by atoms with Crippen molar-refractivity contribution in [3.8, 4) is 0 Å². The van der Waals surface area contributed by atoms with E-state index in [1.54, 1.807) is 29.2 Å². The number of carbonyl (C=O) groups is 2. The summed E-state index contributed by atoms with van der Waals surface area (Å²) in [7, 11) is 0. The lowest BCUT2D eigenvalue weighted by Gasteiger charge is -2.35. The number of aliphatic hydroxyl groups is 1. The number of hydrogen-bond donors (Lipinski definition) is 2. The van der Waals surface area contributed by atoms with E-state index >= 15 is 0 Å². The van der Waals surface area contributed by atoms with Crippen molar-refractivity contribution in [2.75, 3.05) is 38.2 Å². The molecule has 0 bridgehead atoms. The van der Waals surface area contributed by atoms with Crippen molar-refractivity contribution in [1.82, 2.24) is 4.90 Å². The van der Waals surface area contributed by atoms with Gasteiger partial charge in [0.05, 0.1) is 24.4 Å². The number of para-hydroxylation sites is 1. The van der Waals surface area contributed by atoms with E-state index in [2.05, 4.69) is 5.32 Å². The van der Waals surface area contributed by atoms with Gasteiger partial charge < -0.3 is 24.8 Å². The molecule has 1 fully saturated rings. The molecule has 7 heteroatoms. The molecule has 2 atom stereocenters. The Labute approximate surface area is 141 Å². The molecule has 0 aliphatic carbocycles. The third kappa shape index (κ3) is 4.94. The smallest absolute Gasteiger partial charge is 0.340 e. The zero-order valence-electron chi connectivity index (χ0n) is 14.0. The number of ether oxygens (including phenoxy) is 2. The number of esters is 1. The maximum absolute atomic E-state index is 12.2. The standard InChI is InChI=1S/C17H24N2O5/c1-12-9-19(10-13(2)24-12)16(21)11-23-17(22)14-5-3-4-6-15(14)18-7-8-20/h3-6,12-13,18,20H,7-11H2,1-2H3/t12-,13-/m1/s1. The number of anilines is 1. The number of carbonyl (C=O) groups excluding carboxylic acids is 2. The van der Waals surface area contributed by atoms with Gasteiger partial charge in [-0.3, -0.25) is 4.79 Å². The summed E-state index contributed by atoms with van der Waals surface area (Å²) in [5, 5.41) is 11.8. The fourth-order valence-corrected chi connectivity index (χ4v) is 2.68. The largest absolute Gasteiger partial charge is 0.452 e. The number of aliphatic hydroxyl groups excluding tert-OH is 1. The molecule has 1 aromatic carbocycles. The highest BCUT2D eigenvalue weighted by Gasteiger charge is 2.26. The van der Waals surface area contributed by atoms with Crippen molar-refractivity contribution in [1.29, 1.82) is 0 Å². The predicted octanol–water partition coefficient (Wildman–Crippen LogP) is 0.883. The highest BCUT2D eigenvalue weighted by Crippen LogP contribution is 2.16. The Kier molecular flexibility index (Phi) is 6.57. The van der Waals surface area contributed by atoms with E-state index in [4.69, 9.17) is 14.6 Å². The van der Waals surface area contributed by atoms with Crippen LogP contribution in [0.25, 0.3) is 0 Å². The molecule has 0 saturated carbocycles. The van der Waals surface area contributed by atoms with Crippen molar-refractivity contribution in [2.45, 2.75) is 26.1 Å². The van der Waals surface area contributed by atoms with Crippen molar-refractivity contribution in [3.63, 3.8) is 0 Å². The average Bonchev–Trinajstić information content (AvgIpc) is 2.57. The van der Waals surface area contributed by atoms with Crippen LogP contribution in [0.15, 0.2) is 24.3 Å².